The molecule has 1 saturated heterocycles. The van der Waals surface area contributed by atoms with E-state index in [2.05, 4.69) is 4.98 Å². The van der Waals surface area contributed by atoms with E-state index in [1.165, 1.54) is 16.8 Å². The summed E-state index contributed by atoms with van der Waals surface area (Å²) in [5, 5.41) is -0.0434. The normalized spacial score (nSPS) is 21.9. The van der Waals surface area contributed by atoms with E-state index in [9.17, 15) is 13.2 Å². The highest BCUT2D eigenvalue weighted by Crippen LogP contribution is 2.24. The van der Waals surface area contributed by atoms with Crippen LogP contribution in [0.2, 0.25) is 0 Å². The van der Waals surface area contributed by atoms with Gasteiger partial charge in [0.2, 0.25) is 5.91 Å². The topological polar surface area (TPSA) is 98.3 Å². The van der Waals surface area contributed by atoms with Crippen LogP contribution in [0.15, 0.2) is 17.6 Å². The summed E-state index contributed by atoms with van der Waals surface area (Å²) in [6.45, 7) is 0.312. The SMILES string of the molecule is Cn1cnc(S(=O)(=O)N2CCCC[C@@H]2C(N)=O)c1. The van der Waals surface area contributed by atoms with Crippen molar-refractivity contribution in [3.8, 4) is 0 Å². The number of rotatable bonds is 3. The second-order valence-corrected chi connectivity index (χ2v) is 6.24. The molecule has 18 heavy (non-hydrogen) atoms. The Kier molecular flexibility index (Phi) is 3.40. The summed E-state index contributed by atoms with van der Waals surface area (Å²) in [4.78, 5) is 15.2. The van der Waals surface area contributed by atoms with Crippen LogP contribution in [0, 0.1) is 0 Å². The molecule has 0 radical (unpaired) electrons. The molecule has 0 unspecified atom stereocenters. The summed E-state index contributed by atoms with van der Waals surface area (Å²) in [5.41, 5.74) is 5.27. The summed E-state index contributed by atoms with van der Waals surface area (Å²) >= 11 is 0. The quantitative estimate of drug-likeness (QED) is 0.798. The maximum absolute atomic E-state index is 12.4. The summed E-state index contributed by atoms with van der Waals surface area (Å²) in [6, 6.07) is -0.759. The lowest BCUT2D eigenvalue weighted by atomic mass is 10.0. The molecule has 100 valence electrons. The smallest absolute Gasteiger partial charge is 0.262 e. The summed E-state index contributed by atoms with van der Waals surface area (Å²) in [7, 11) is -2.05. The molecular formula is C10H16N4O3S. The molecule has 1 amide bonds. The maximum atomic E-state index is 12.4. The second kappa shape index (κ2) is 4.69. The van der Waals surface area contributed by atoms with Crippen molar-refractivity contribution < 1.29 is 13.2 Å². The fourth-order valence-corrected chi connectivity index (χ4v) is 3.75. The van der Waals surface area contributed by atoms with Crippen LogP contribution in [-0.2, 0) is 21.9 Å². The molecule has 0 bridgehead atoms. The molecule has 0 saturated carbocycles. The Balaban J connectivity index is 2.36. The third kappa shape index (κ3) is 2.25. The van der Waals surface area contributed by atoms with Crippen molar-refractivity contribution in [2.24, 2.45) is 12.8 Å². The van der Waals surface area contributed by atoms with Crippen LogP contribution in [-0.4, -0.2) is 40.8 Å². The molecule has 0 spiro atoms. The number of piperidine rings is 1. The predicted molar refractivity (Wildman–Crippen MR) is 63.9 cm³/mol. The van der Waals surface area contributed by atoms with Gasteiger partial charge in [-0.2, -0.15) is 4.31 Å². The second-order valence-electron chi connectivity index (χ2n) is 4.41. The highest BCUT2D eigenvalue weighted by Gasteiger charge is 2.37. The summed E-state index contributed by atoms with van der Waals surface area (Å²) in [6.07, 6.45) is 4.84. The number of amides is 1. The molecule has 1 aromatic heterocycles. The monoisotopic (exact) mass is 272 g/mol. The Labute approximate surface area is 106 Å². The first-order valence-corrected chi connectivity index (χ1v) is 7.16. The van der Waals surface area contributed by atoms with E-state index in [1.54, 1.807) is 11.6 Å². The summed E-state index contributed by atoms with van der Waals surface area (Å²) in [5.74, 6) is -0.603. The Morgan fingerprint density at radius 2 is 2.22 bits per heavy atom. The maximum Gasteiger partial charge on any atom is 0.262 e. The van der Waals surface area contributed by atoms with Crippen molar-refractivity contribution in [2.75, 3.05) is 6.54 Å². The van der Waals surface area contributed by atoms with Gasteiger partial charge in [-0.25, -0.2) is 13.4 Å². The van der Waals surface area contributed by atoms with Gasteiger partial charge in [-0.3, -0.25) is 4.79 Å². The number of imidazole rings is 1. The number of aromatic nitrogens is 2. The standard InChI is InChI=1S/C10H16N4O3S/c1-13-6-9(12-7-13)18(16,17)14-5-3-2-4-8(14)10(11)15/h6-8H,2-5H2,1H3,(H2,11,15)/t8-/m1/s1. The van der Waals surface area contributed by atoms with Gasteiger partial charge in [0.1, 0.15) is 6.04 Å². The van der Waals surface area contributed by atoms with Crippen LogP contribution in [0.4, 0.5) is 0 Å². The first kappa shape index (κ1) is 13.0. The number of carbonyl (C=O) groups excluding carboxylic acids is 1. The largest absolute Gasteiger partial charge is 0.368 e. The molecule has 2 N–H and O–H groups in total. The van der Waals surface area contributed by atoms with E-state index in [0.717, 1.165) is 12.8 Å². The molecule has 7 nitrogen and oxygen atoms in total. The molecule has 0 aliphatic carbocycles. The third-order valence-corrected chi connectivity index (χ3v) is 4.83. The average molecular weight is 272 g/mol. The highest BCUT2D eigenvalue weighted by molar-refractivity contribution is 7.89. The number of aryl methyl sites for hydroxylation is 1. The van der Waals surface area contributed by atoms with E-state index < -0.39 is 22.0 Å². The van der Waals surface area contributed by atoms with Crippen molar-refractivity contribution in [3.05, 3.63) is 12.5 Å². The minimum Gasteiger partial charge on any atom is -0.368 e. The summed E-state index contributed by atoms with van der Waals surface area (Å²) < 4.78 is 27.4. The van der Waals surface area contributed by atoms with Gasteiger partial charge in [-0.1, -0.05) is 6.42 Å². The van der Waals surface area contributed by atoms with Gasteiger partial charge in [0.15, 0.2) is 5.03 Å². The Hall–Kier alpha value is -1.41. The van der Waals surface area contributed by atoms with Crippen molar-refractivity contribution in [3.63, 3.8) is 0 Å². The fourth-order valence-electron chi connectivity index (χ4n) is 2.12. The number of sulfonamides is 1. The minimum absolute atomic E-state index is 0.0434. The van der Waals surface area contributed by atoms with Crippen LogP contribution >= 0.6 is 0 Å². The van der Waals surface area contributed by atoms with E-state index in [-0.39, 0.29) is 5.03 Å². The molecule has 1 aliphatic rings. The van der Waals surface area contributed by atoms with Crippen LogP contribution in [0.1, 0.15) is 19.3 Å². The van der Waals surface area contributed by atoms with E-state index in [0.29, 0.717) is 13.0 Å². The molecule has 1 fully saturated rings. The predicted octanol–water partition coefficient (Wildman–Crippen LogP) is -0.551. The molecule has 1 aromatic rings. The van der Waals surface area contributed by atoms with Gasteiger partial charge in [-0.15, -0.1) is 0 Å². The van der Waals surface area contributed by atoms with Crippen molar-refractivity contribution in [2.45, 2.75) is 30.3 Å². The lowest BCUT2D eigenvalue weighted by molar-refractivity contribution is -0.122. The van der Waals surface area contributed by atoms with Crippen LogP contribution < -0.4 is 5.73 Å². The van der Waals surface area contributed by atoms with E-state index >= 15 is 0 Å². The van der Waals surface area contributed by atoms with Crippen molar-refractivity contribution in [1.29, 1.82) is 0 Å². The van der Waals surface area contributed by atoms with Crippen LogP contribution in [0.5, 0.6) is 0 Å². The van der Waals surface area contributed by atoms with Gasteiger partial charge in [0, 0.05) is 19.8 Å². The van der Waals surface area contributed by atoms with Crippen molar-refractivity contribution in [1.82, 2.24) is 13.9 Å². The number of nitrogens with zero attached hydrogens (tertiary/aromatic N) is 3. The third-order valence-electron chi connectivity index (χ3n) is 3.04. The van der Waals surface area contributed by atoms with Crippen LogP contribution in [0.25, 0.3) is 0 Å². The van der Waals surface area contributed by atoms with Gasteiger partial charge >= 0.3 is 0 Å². The Morgan fingerprint density at radius 3 is 2.78 bits per heavy atom. The number of carbonyl (C=O) groups is 1. The Morgan fingerprint density at radius 1 is 1.50 bits per heavy atom. The number of hydrogen-bond acceptors (Lipinski definition) is 4. The van der Waals surface area contributed by atoms with Gasteiger partial charge < -0.3 is 10.3 Å². The number of primary amides is 1. The number of hydrogen-bond donors (Lipinski definition) is 1. The zero-order valence-corrected chi connectivity index (χ0v) is 10.9. The van der Waals surface area contributed by atoms with Crippen molar-refractivity contribution >= 4 is 15.9 Å². The first-order chi connectivity index (χ1) is 8.43. The molecule has 1 atom stereocenters. The van der Waals surface area contributed by atoms with Gasteiger partial charge in [0.25, 0.3) is 10.0 Å². The molecule has 2 heterocycles. The molecule has 1 aliphatic heterocycles. The lowest BCUT2D eigenvalue weighted by Crippen LogP contribution is -2.50. The van der Waals surface area contributed by atoms with E-state index in [4.69, 9.17) is 5.73 Å². The van der Waals surface area contributed by atoms with Crippen LogP contribution in [0.3, 0.4) is 0 Å². The van der Waals surface area contributed by atoms with Gasteiger partial charge in [-0.05, 0) is 12.8 Å². The zero-order chi connectivity index (χ0) is 13.3. The number of nitrogens with two attached hydrogens (primary N) is 1. The Bertz CT molecular complexity index is 551. The first-order valence-electron chi connectivity index (χ1n) is 5.72. The molecule has 0 aromatic carbocycles. The lowest BCUT2D eigenvalue weighted by Gasteiger charge is -2.31. The molecule has 8 heteroatoms. The minimum atomic E-state index is -3.73. The fraction of sp³-hybridized carbons (Fsp3) is 0.600. The highest BCUT2D eigenvalue weighted by atomic mass is 32.2. The zero-order valence-electron chi connectivity index (χ0n) is 10.1. The van der Waals surface area contributed by atoms with E-state index in [1.807, 2.05) is 0 Å². The molecular weight excluding hydrogens is 256 g/mol. The molecule has 2 rings (SSSR count). The average Bonchev–Trinajstić information content (AvgIpc) is 2.76. The van der Waals surface area contributed by atoms with Gasteiger partial charge in [0.05, 0.1) is 6.33 Å².